The zero-order valence-electron chi connectivity index (χ0n) is 17.0. The Bertz CT molecular complexity index is 702. The standard InChI is InChI=1S/C22H33N3OS/c1-4-17-8-6-10-19(14-17)22-24-23-21(27-22)16-18-9-7-11-20(15-18)25(5-2)12-13-26-3/h7,9,11,15,17,19H,4-6,8,10,12-14,16H2,1-3H3/t17?,19-/m0/s1. The molecule has 0 aliphatic heterocycles. The van der Waals surface area contributed by atoms with Crippen LogP contribution in [0.5, 0.6) is 0 Å². The van der Waals surface area contributed by atoms with Gasteiger partial charge in [-0.3, -0.25) is 0 Å². The molecule has 1 saturated carbocycles. The minimum Gasteiger partial charge on any atom is -0.383 e. The molecule has 0 spiro atoms. The van der Waals surface area contributed by atoms with Gasteiger partial charge in [0.2, 0.25) is 0 Å². The maximum Gasteiger partial charge on any atom is 0.121 e. The zero-order valence-corrected chi connectivity index (χ0v) is 17.8. The van der Waals surface area contributed by atoms with Crippen LogP contribution in [0, 0.1) is 5.92 Å². The summed E-state index contributed by atoms with van der Waals surface area (Å²) in [5.74, 6) is 1.51. The number of methoxy groups -OCH3 is 1. The number of rotatable bonds is 9. The molecule has 1 aromatic heterocycles. The van der Waals surface area contributed by atoms with E-state index in [-0.39, 0.29) is 0 Å². The number of anilines is 1. The Hall–Kier alpha value is -1.46. The third-order valence-electron chi connectivity index (χ3n) is 5.77. The minimum absolute atomic E-state index is 0.630. The number of hydrogen-bond acceptors (Lipinski definition) is 5. The van der Waals surface area contributed by atoms with Gasteiger partial charge in [0.1, 0.15) is 10.0 Å². The predicted molar refractivity (Wildman–Crippen MR) is 114 cm³/mol. The van der Waals surface area contributed by atoms with Gasteiger partial charge in [0, 0.05) is 38.2 Å². The van der Waals surface area contributed by atoms with Gasteiger partial charge in [-0.25, -0.2) is 0 Å². The molecule has 0 bridgehead atoms. The minimum atomic E-state index is 0.630. The molecule has 0 N–H and O–H groups in total. The van der Waals surface area contributed by atoms with Gasteiger partial charge in [-0.05, 0) is 43.4 Å². The van der Waals surface area contributed by atoms with Crippen LogP contribution in [0.2, 0.25) is 0 Å². The normalized spacial score (nSPS) is 20.0. The molecule has 0 saturated heterocycles. The number of hydrogen-bond donors (Lipinski definition) is 0. The number of nitrogens with zero attached hydrogens (tertiary/aromatic N) is 3. The molecule has 4 nitrogen and oxygen atoms in total. The number of likely N-dealkylation sites (N-methyl/N-ethyl adjacent to an activating group) is 1. The third kappa shape index (κ3) is 5.52. The summed E-state index contributed by atoms with van der Waals surface area (Å²) in [4.78, 5) is 2.35. The van der Waals surface area contributed by atoms with Crippen molar-refractivity contribution in [1.29, 1.82) is 0 Å². The second-order valence-corrected chi connectivity index (χ2v) is 8.68. The monoisotopic (exact) mass is 387 g/mol. The van der Waals surface area contributed by atoms with Gasteiger partial charge in [0.05, 0.1) is 6.61 Å². The maximum atomic E-state index is 5.24. The topological polar surface area (TPSA) is 38.2 Å². The molecule has 0 amide bonds. The van der Waals surface area contributed by atoms with Crippen LogP contribution in [-0.2, 0) is 11.2 Å². The van der Waals surface area contributed by atoms with E-state index < -0.39 is 0 Å². The molecule has 1 aromatic carbocycles. The van der Waals surface area contributed by atoms with E-state index in [4.69, 9.17) is 4.74 Å². The van der Waals surface area contributed by atoms with Gasteiger partial charge in [-0.15, -0.1) is 21.5 Å². The van der Waals surface area contributed by atoms with Crippen molar-refractivity contribution >= 4 is 17.0 Å². The van der Waals surface area contributed by atoms with Crippen LogP contribution in [0.3, 0.4) is 0 Å². The van der Waals surface area contributed by atoms with Crippen molar-refractivity contribution in [2.45, 2.75) is 58.3 Å². The SMILES string of the molecule is CCC1CCC[C@H](c2nnc(Cc3cccc(N(CC)CCOC)c3)s2)C1. The van der Waals surface area contributed by atoms with E-state index >= 15 is 0 Å². The van der Waals surface area contributed by atoms with Gasteiger partial charge in [-0.1, -0.05) is 38.3 Å². The summed E-state index contributed by atoms with van der Waals surface area (Å²) in [6.07, 6.45) is 7.48. The molecule has 1 unspecified atom stereocenters. The lowest BCUT2D eigenvalue weighted by atomic mass is 9.80. The van der Waals surface area contributed by atoms with Crippen LogP contribution < -0.4 is 4.90 Å². The van der Waals surface area contributed by atoms with Crippen molar-refractivity contribution in [2.75, 3.05) is 31.7 Å². The summed E-state index contributed by atoms with van der Waals surface area (Å²) in [6.45, 7) is 7.15. The van der Waals surface area contributed by atoms with Crippen LogP contribution >= 0.6 is 11.3 Å². The molecular weight excluding hydrogens is 354 g/mol. The van der Waals surface area contributed by atoms with Crippen molar-refractivity contribution < 1.29 is 4.74 Å². The van der Waals surface area contributed by atoms with Gasteiger partial charge in [-0.2, -0.15) is 0 Å². The molecule has 1 aliphatic rings. The molecule has 0 radical (unpaired) electrons. The molecule has 1 aliphatic carbocycles. The quantitative estimate of drug-likeness (QED) is 0.586. The van der Waals surface area contributed by atoms with E-state index in [1.54, 1.807) is 7.11 Å². The van der Waals surface area contributed by atoms with Crippen LogP contribution in [0.25, 0.3) is 0 Å². The lowest BCUT2D eigenvalue weighted by Gasteiger charge is -2.26. The highest BCUT2D eigenvalue weighted by Crippen LogP contribution is 2.38. The van der Waals surface area contributed by atoms with Gasteiger partial charge >= 0.3 is 0 Å². The van der Waals surface area contributed by atoms with Crippen molar-refractivity contribution in [3.63, 3.8) is 0 Å². The summed E-state index contributed by atoms with van der Waals surface area (Å²) >= 11 is 1.82. The summed E-state index contributed by atoms with van der Waals surface area (Å²) in [5, 5.41) is 11.5. The Labute approximate surface area is 168 Å². The first-order valence-electron chi connectivity index (χ1n) is 10.4. The molecule has 3 rings (SSSR count). The lowest BCUT2D eigenvalue weighted by molar-refractivity contribution is 0.205. The second-order valence-electron chi connectivity index (χ2n) is 7.59. The van der Waals surface area contributed by atoms with E-state index in [2.05, 4.69) is 53.2 Å². The fraction of sp³-hybridized carbons (Fsp3) is 0.636. The fourth-order valence-corrected chi connectivity index (χ4v) is 5.12. The molecule has 27 heavy (non-hydrogen) atoms. The average Bonchev–Trinajstić information content (AvgIpc) is 3.17. The highest BCUT2D eigenvalue weighted by molar-refractivity contribution is 7.11. The Morgan fingerprint density at radius 2 is 2.11 bits per heavy atom. The molecule has 1 fully saturated rings. The van der Waals surface area contributed by atoms with E-state index in [0.717, 1.165) is 37.0 Å². The van der Waals surface area contributed by atoms with Crippen molar-refractivity contribution in [1.82, 2.24) is 10.2 Å². The Morgan fingerprint density at radius 1 is 1.22 bits per heavy atom. The Morgan fingerprint density at radius 3 is 2.89 bits per heavy atom. The van der Waals surface area contributed by atoms with Crippen molar-refractivity contribution in [3.05, 3.63) is 39.8 Å². The van der Waals surface area contributed by atoms with E-state index in [1.807, 2.05) is 11.3 Å². The Balaban J connectivity index is 1.65. The molecular formula is C22H33N3OS. The first kappa shape index (κ1) is 20.3. The first-order chi connectivity index (χ1) is 13.2. The van der Waals surface area contributed by atoms with Crippen molar-refractivity contribution in [2.24, 2.45) is 5.92 Å². The fourth-order valence-electron chi connectivity index (χ4n) is 4.10. The molecule has 2 atom stereocenters. The Kier molecular flexibility index (Phi) is 7.65. The molecule has 2 aromatic rings. The van der Waals surface area contributed by atoms with Gasteiger partial charge in [0.15, 0.2) is 0 Å². The smallest absolute Gasteiger partial charge is 0.121 e. The largest absolute Gasteiger partial charge is 0.383 e. The van der Waals surface area contributed by atoms with Crippen LogP contribution in [0.4, 0.5) is 5.69 Å². The molecule has 148 valence electrons. The van der Waals surface area contributed by atoms with E-state index in [0.29, 0.717) is 5.92 Å². The summed E-state index contributed by atoms with van der Waals surface area (Å²) in [7, 11) is 1.76. The summed E-state index contributed by atoms with van der Waals surface area (Å²) in [5.41, 5.74) is 2.57. The van der Waals surface area contributed by atoms with Crippen LogP contribution in [0.1, 0.15) is 67.4 Å². The lowest BCUT2D eigenvalue weighted by Crippen LogP contribution is -2.26. The van der Waals surface area contributed by atoms with Crippen molar-refractivity contribution in [3.8, 4) is 0 Å². The maximum absolute atomic E-state index is 5.24. The third-order valence-corrected chi connectivity index (χ3v) is 6.86. The summed E-state index contributed by atoms with van der Waals surface area (Å²) in [6, 6.07) is 8.81. The number of aromatic nitrogens is 2. The zero-order chi connectivity index (χ0) is 19.1. The molecule has 5 heteroatoms. The van der Waals surface area contributed by atoms with Gasteiger partial charge < -0.3 is 9.64 Å². The number of ether oxygens (including phenoxy) is 1. The highest BCUT2D eigenvalue weighted by atomic mass is 32.1. The molecule has 1 heterocycles. The average molecular weight is 388 g/mol. The first-order valence-corrected chi connectivity index (χ1v) is 11.2. The number of benzene rings is 1. The predicted octanol–water partition coefficient (Wildman–Crippen LogP) is 5.29. The highest BCUT2D eigenvalue weighted by Gasteiger charge is 2.25. The van der Waals surface area contributed by atoms with E-state index in [1.165, 1.54) is 48.4 Å². The van der Waals surface area contributed by atoms with Gasteiger partial charge in [0.25, 0.3) is 0 Å². The van der Waals surface area contributed by atoms with Crippen LogP contribution in [-0.4, -0.2) is 37.0 Å². The second kappa shape index (κ2) is 10.2. The summed E-state index contributed by atoms with van der Waals surface area (Å²) < 4.78 is 5.24. The van der Waals surface area contributed by atoms with Crippen LogP contribution in [0.15, 0.2) is 24.3 Å². The van der Waals surface area contributed by atoms with E-state index in [9.17, 15) is 0 Å².